The Hall–Kier alpha value is -6.73. The van der Waals surface area contributed by atoms with E-state index in [1.54, 1.807) is 0 Å². The molecular formula is C44H13F15N4SZn. The number of aliphatic imine (C=N–C) groups is 1. The predicted molar refractivity (Wildman–Crippen MR) is 202 cm³/mol. The molecule has 1 aliphatic carbocycles. The number of hydrogen-bond donors (Lipinski definition) is 1. The second kappa shape index (κ2) is 16.4. The molecule has 0 saturated carbocycles. The molecule has 6 aromatic rings. The molecule has 4 nitrogen and oxygen atoms in total. The van der Waals surface area contributed by atoms with E-state index in [0.29, 0.717) is 4.86 Å². The predicted octanol–water partition coefficient (Wildman–Crippen LogP) is 9.54. The summed E-state index contributed by atoms with van der Waals surface area (Å²) in [4.78, 5) is 15.7. The van der Waals surface area contributed by atoms with Crippen LogP contribution in [0.3, 0.4) is 0 Å². The Morgan fingerprint density at radius 3 is 1.25 bits per heavy atom. The standard InChI is InChI=1S/C44H14F15N4S.Zn/c45-30-27(31(46)37(52)42(57)36(30)51)24-17-7-5-15(60-17)23(13-1-3-14(64)4-2-13)16-6-8-18(61-16)25(28-32(47)38(53)43(58)39(54)33(28)48)20-10-12-22(63-20)26(21-11-9-19(24)62-21)29-34(49)40(55)44(59)41(56)35(29)50;/h1-12H,(H2-,60,61,62,63,64);/q-1;+2/p-1/b23-15?,23-16?,24-17?,24-19+,25-18?,25-20+,26-21+,26-22?;. The van der Waals surface area contributed by atoms with Crippen molar-refractivity contribution in [2.75, 3.05) is 0 Å². The van der Waals surface area contributed by atoms with Crippen LogP contribution in [0.4, 0.5) is 65.9 Å². The summed E-state index contributed by atoms with van der Waals surface area (Å²) in [5, 5.41) is -1.60. The van der Waals surface area contributed by atoms with Gasteiger partial charge >= 0.3 is 19.5 Å². The van der Waals surface area contributed by atoms with Crippen molar-refractivity contribution in [2.24, 2.45) is 4.99 Å². The quantitative estimate of drug-likeness (QED) is 0.0633. The number of aromatic amines is 1. The normalized spacial score (nSPS) is 17.4. The van der Waals surface area contributed by atoms with Crippen LogP contribution in [0.15, 0.2) is 89.1 Å². The van der Waals surface area contributed by atoms with Gasteiger partial charge in [-0.1, -0.05) is 48.6 Å². The number of fused-ring (bicyclic) bond motifs is 7. The van der Waals surface area contributed by atoms with E-state index in [0.717, 1.165) is 36.4 Å². The van der Waals surface area contributed by atoms with Crippen LogP contribution < -0.4 is 20.7 Å². The molecule has 65 heavy (non-hydrogen) atoms. The van der Waals surface area contributed by atoms with Crippen molar-refractivity contribution in [2.45, 2.75) is 0 Å². The van der Waals surface area contributed by atoms with E-state index in [1.807, 2.05) is 0 Å². The molecule has 3 aromatic carbocycles. The Labute approximate surface area is 370 Å². The summed E-state index contributed by atoms with van der Waals surface area (Å²) in [6.45, 7) is 0. The molecule has 3 aromatic heterocycles. The Morgan fingerprint density at radius 2 is 0.769 bits per heavy atom. The summed E-state index contributed by atoms with van der Waals surface area (Å²) < 4.78 is 227. The van der Waals surface area contributed by atoms with Gasteiger partial charge in [-0.15, -0.1) is 22.1 Å². The number of H-pyrrole nitrogens is 1. The van der Waals surface area contributed by atoms with E-state index in [4.69, 9.17) is 12.2 Å². The third kappa shape index (κ3) is 6.90. The Morgan fingerprint density at radius 1 is 0.385 bits per heavy atom. The summed E-state index contributed by atoms with van der Waals surface area (Å²) in [6, 6.07) is 6.12. The van der Waals surface area contributed by atoms with Gasteiger partial charge < -0.3 is 15.0 Å². The first kappa shape index (κ1) is 44.9. The van der Waals surface area contributed by atoms with E-state index in [-0.39, 0.29) is 42.0 Å². The van der Waals surface area contributed by atoms with Crippen LogP contribution in [0.25, 0.3) is 22.3 Å². The fraction of sp³-hybridized carbons (Fsp3) is 0. The average Bonchev–Trinajstić information content (AvgIpc) is 4.14. The molecule has 0 amide bonds. The number of aromatic nitrogens is 3. The van der Waals surface area contributed by atoms with E-state index in [9.17, 15) is 39.5 Å². The molecule has 0 spiro atoms. The van der Waals surface area contributed by atoms with Gasteiger partial charge in [0.15, 0.2) is 69.8 Å². The molecule has 5 heterocycles. The maximum atomic E-state index is 15.8. The second-order valence-electron chi connectivity index (χ2n) is 13.8. The van der Waals surface area contributed by atoms with E-state index < -0.39 is 154 Å². The van der Waals surface area contributed by atoms with Gasteiger partial charge in [0, 0.05) is 16.3 Å². The maximum absolute atomic E-state index is 15.8. The van der Waals surface area contributed by atoms with Gasteiger partial charge in [-0.3, -0.25) is 0 Å². The van der Waals surface area contributed by atoms with Gasteiger partial charge in [-0.25, -0.2) is 70.8 Å². The Balaban J connectivity index is 0.00000576. The molecule has 3 aliphatic rings. The second-order valence-corrected chi connectivity index (χ2v) is 14.3. The number of rotatable bonds is 3. The first-order valence-electron chi connectivity index (χ1n) is 17.8. The van der Waals surface area contributed by atoms with Crippen molar-refractivity contribution in [3.63, 3.8) is 0 Å². The molecule has 1 N–H and O–H groups in total. The van der Waals surface area contributed by atoms with Crippen LogP contribution in [0.2, 0.25) is 0 Å². The number of nitrogens with one attached hydrogen (secondary N) is 1. The molecule has 322 valence electrons. The number of hydrogen-bond acceptors (Lipinski definition) is 2. The van der Waals surface area contributed by atoms with Crippen molar-refractivity contribution in [1.29, 1.82) is 0 Å². The van der Waals surface area contributed by atoms with Crippen molar-refractivity contribution >= 4 is 45.1 Å². The molecule has 0 unspecified atom stereocenters. The van der Waals surface area contributed by atoms with Crippen LogP contribution in [0.5, 0.6) is 0 Å². The number of nitrogens with zero attached hydrogens (tertiary/aromatic N) is 3. The molecule has 8 bridgehead atoms. The Kier molecular flexibility index (Phi) is 11.3. The van der Waals surface area contributed by atoms with Gasteiger partial charge in [-0.2, -0.15) is 0 Å². The van der Waals surface area contributed by atoms with E-state index in [1.165, 1.54) is 36.4 Å². The van der Waals surface area contributed by atoms with Crippen LogP contribution in [-0.2, 0) is 19.5 Å². The third-order valence-corrected chi connectivity index (χ3v) is 10.5. The summed E-state index contributed by atoms with van der Waals surface area (Å²) in [6.07, 6.45) is 7.40. The number of benzene rings is 3. The molecule has 0 saturated heterocycles. The Bertz CT molecular complexity index is 3370. The molecular weight excluding hydrogens is 967 g/mol. The van der Waals surface area contributed by atoms with Gasteiger partial charge in [0.05, 0.1) is 28.1 Å². The molecule has 0 fully saturated rings. The van der Waals surface area contributed by atoms with Crippen LogP contribution >= 0.6 is 12.2 Å². The van der Waals surface area contributed by atoms with Crippen LogP contribution in [0.1, 0.15) is 39.5 Å². The number of halogens is 15. The third-order valence-electron chi connectivity index (χ3n) is 10.2. The SMILES string of the molecule is Fc1c(F)c(F)c(/C2=C3\C=CC(=N3)/C(c3c(F)c(F)c(F)c(F)c3F)=c3/cc/c([n-]3)=C(\c3c(F)c(F)c(F)c(F)c3F)c3ccc([nH]3)C(=C3C=CC(=S)C=C3)c3ccc2[n-]3)c(F)c1F.[Zn+2]. The van der Waals surface area contributed by atoms with E-state index in [2.05, 4.69) is 19.9 Å². The van der Waals surface area contributed by atoms with Crippen molar-refractivity contribution in [1.82, 2.24) is 15.0 Å². The van der Waals surface area contributed by atoms with Gasteiger partial charge in [-0.05, 0) is 64.3 Å². The average molecular weight is 980 g/mol. The summed E-state index contributed by atoms with van der Waals surface area (Å²) in [5.74, 6) is -36.9. The minimum atomic E-state index is -2.62. The van der Waals surface area contributed by atoms with Crippen molar-refractivity contribution < 1.29 is 85.3 Å². The van der Waals surface area contributed by atoms with Gasteiger partial charge in [0.2, 0.25) is 17.5 Å². The fourth-order valence-corrected chi connectivity index (χ4v) is 7.46. The summed E-state index contributed by atoms with van der Waals surface area (Å²) in [7, 11) is 0. The summed E-state index contributed by atoms with van der Waals surface area (Å²) in [5.41, 5.74) is -10.6. The summed E-state index contributed by atoms with van der Waals surface area (Å²) >= 11 is 5.20. The smallest absolute Gasteiger partial charge is 0.657 e. The van der Waals surface area contributed by atoms with Crippen LogP contribution in [0, 0.1) is 87.3 Å². The molecule has 9 rings (SSSR count). The van der Waals surface area contributed by atoms with E-state index >= 15 is 26.3 Å². The molecule has 0 radical (unpaired) electrons. The van der Waals surface area contributed by atoms with Crippen molar-refractivity contribution in [3.8, 4) is 0 Å². The monoisotopic (exact) mass is 978 g/mol. The largest absolute Gasteiger partial charge is 2.00 e. The zero-order valence-electron chi connectivity index (χ0n) is 31.6. The minimum Gasteiger partial charge on any atom is -0.657 e. The molecule has 0 atom stereocenters. The number of allylic oxidation sites excluding steroid dienone is 7. The molecule has 2 aliphatic heterocycles. The number of thiocarbonyl (C=S) groups is 1. The first-order chi connectivity index (χ1) is 30.4. The van der Waals surface area contributed by atoms with Crippen molar-refractivity contribution in [3.05, 3.63) is 222 Å². The zero-order chi connectivity index (χ0) is 45.8. The molecule has 21 heteroatoms. The van der Waals surface area contributed by atoms with Gasteiger partial charge in [0.25, 0.3) is 0 Å². The minimum absolute atomic E-state index is 0. The first-order valence-corrected chi connectivity index (χ1v) is 18.3. The van der Waals surface area contributed by atoms with Gasteiger partial charge in [0.1, 0.15) is 0 Å². The van der Waals surface area contributed by atoms with Crippen LogP contribution in [-0.4, -0.2) is 15.6 Å². The maximum Gasteiger partial charge on any atom is 2.00 e. The zero-order valence-corrected chi connectivity index (χ0v) is 35.3. The topological polar surface area (TPSA) is 56.4 Å². The fourth-order valence-electron chi connectivity index (χ4n) is 7.32.